The van der Waals surface area contributed by atoms with Gasteiger partial charge in [-0.25, -0.2) is 9.78 Å². The molecule has 3 aromatic rings. The van der Waals surface area contributed by atoms with Crippen LogP contribution >= 0.6 is 11.6 Å². The summed E-state index contributed by atoms with van der Waals surface area (Å²) in [5, 5.41) is 3.71. The number of para-hydroxylation sites is 1. The highest BCUT2D eigenvalue weighted by Gasteiger charge is 2.21. The zero-order valence-electron chi connectivity index (χ0n) is 14.2. The molecule has 26 heavy (non-hydrogen) atoms. The van der Waals surface area contributed by atoms with Crippen molar-refractivity contribution in [2.45, 2.75) is 20.0 Å². The molecule has 0 aliphatic heterocycles. The third-order valence-corrected chi connectivity index (χ3v) is 3.92. The number of hydrogen-bond acceptors (Lipinski definition) is 5. The molecule has 132 valence electrons. The second kappa shape index (κ2) is 7.49. The number of pyridine rings is 2. The number of fused-ring (bicyclic) bond motifs is 1. The standard InChI is InChI=1S/C19H16ClN3O3/c1-11-9-15(14-5-3-4-6-16(14)22-11)19(25)26-12(2)18(24)23-17-8-7-13(20)10-21-17/h3-10,12H,1-2H3,(H,21,23,24)/t12-/m1/s1. The van der Waals surface area contributed by atoms with E-state index in [1.807, 2.05) is 18.2 Å². The first-order chi connectivity index (χ1) is 12.4. The number of halogens is 1. The van der Waals surface area contributed by atoms with Crippen molar-refractivity contribution in [2.24, 2.45) is 0 Å². The number of hydrogen-bond donors (Lipinski definition) is 1. The SMILES string of the molecule is Cc1cc(C(=O)O[C@H](C)C(=O)Nc2ccc(Cl)cn2)c2ccccc2n1. The van der Waals surface area contributed by atoms with Gasteiger partial charge in [-0.05, 0) is 38.1 Å². The summed E-state index contributed by atoms with van der Waals surface area (Å²) in [5.74, 6) is -0.742. The molecule has 7 heteroatoms. The third-order valence-electron chi connectivity index (χ3n) is 3.70. The van der Waals surface area contributed by atoms with Crippen molar-refractivity contribution in [3.8, 4) is 0 Å². The van der Waals surface area contributed by atoms with Crippen LogP contribution in [-0.2, 0) is 9.53 Å². The van der Waals surface area contributed by atoms with E-state index < -0.39 is 18.0 Å². The summed E-state index contributed by atoms with van der Waals surface area (Å²) in [5.41, 5.74) is 1.76. The molecule has 0 unspecified atom stereocenters. The predicted octanol–water partition coefficient (Wildman–Crippen LogP) is 3.78. The quantitative estimate of drug-likeness (QED) is 0.708. The smallest absolute Gasteiger partial charge is 0.339 e. The first-order valence-electron chi connectivity index (χ1n) is 7.94. The molecule has 1 N–H and O–H groups in total. The minimum Gasteiger partial charge on any atom is -0.449 e. The topological polar surface area (TPSA) is 81.2 Å². The number of nitrogens with zero attached hydrogens (tertiary/aromatic N) is 2. The molecule has 6 nitrogen and oxygen atoms in total. The van der Waals surface area contributed by atoms with Crippen LogP contribution in [0.15, 0.2) is 48.7 Å². The van der Waals surface area contributed by atoms with Gasteiger partial charge in [0.1, 0.15) is 5.82 Å². The van der Waals surface area contributed by atoms with Crippen molar-refractivity contribution in [1.82, 2.24) is 9.97 Å². The number of anilines is 1. The van der Waals surface area contributed by atoms with Crippen molar-refractivity contribution in [1.29, 1.82) is 0 Å². The fraction of sp³-hybridized carbons (Fsp3) is 0.158. The summed E-state index contributed by atoms with van der Waals surface area (Å²) < 4.78 is 5.32. The highest BCUT2D eigenvalue weighted by molar-refractivity contribution is 6.30. The van der Waals surface area contributed by atoms with Gasteiger partial charge in [-0.15, -0.1) is 0 Å². The Kier molecular flexibility index (Phi) is 5.14. The predicted molar refractivity (Wildman–Crippen MR) is 99.2 cm³/mol. The largest absolute Gasteiger partial charge is 0.449 e. The Morgan fingerprint density at radius 2 is 1.96 bits per heavy atom. The van der Waals surface area contributed by atoms with E-state index in [9.17, 15) is 9.59 Å². The molecular formula is C19H16ClN3O3. The minimum absolute atomic E-state index is 0.326. The van der Waals surface area contributed by atoms with Gasteiger partial charge in [0, 0.05) is 17.3 Å². The number of amides is 1. The van der Waals surface area contributed by atoms with E-state index in [1.165, 1.54) is 13.1 Å². The van der Waals surface area contributed by atoms with Crippen LogP contribution in [0.4, 0.5) is 5.82 Å². The van der Waals surface area contributed by atoms with Crippen LogP contribution in [0.25, 0.3) is 10.9 Å². The lowest BCUT2D eigenvalue weighted by Crippen LogP contribution is -2.30. The van der Waals surface area contributed by atoms with Gasteiger partial charge in [0.25, 0.3) is 5.91 Å². The van der Waals surface area contributed by atoms with Crippen molar-refractivity contribution >= 4 is 40.2 Å². The number of nitrogens with one attached hydrogen (secondary N) is 1. The average Bonchev–Trinajstić information content (AvgIpc) is 2.62. The monoisotopic (exact) mass is 369 g/mol. The highest BCUT2D eigenvalue weighted by atomic mass is 35.5. The number of rotatable bonds is 4. The Balaban J connectivity index is 1.75. The van der Waals surface area contributed by atoms with E-state index >= 15 is 0 Å². The van der Waals surface area contributed by atoms with Crippen molar-refractivity contribution in [3.63, 3.8) is 0 Å². The van der Waals surface area contributed by atoms with Crippen LogP contribution in [0.1, 0.15) is 23.0 Å². The molecule has 0 saturated carbocycles. The number of benzene rings is 1. The molecule has 1 atom stereocenters. The van der Waals surface area contributed by atoms with E-state index in [4.69, 9.17) is 16.3 Å². The van der Waals surface area contributed by atoms with Crippen LogP contribution < -0.4 is 5.32 Å². The molecule has 0 aliphatic carbocycles. The van der Waals surface area contributed by atoms with Gasteiger partial charge in [-0.1, -0.05) is 29.8 Å². The van der Waals surface area contributed by atoms with Gasteiger partial charge >= 0.3 is 5.97 Å². The molecule has 0 radical (unpaired) electrons. The Morgan fingerprint density at radius 3 is 2.69 bits per heavy atom. The summed E-state index contributed by atoms with van der Waals surface area (Å²) in [4.78, 5) is 33.1. The Morgan fingerprint density at radius 1 is 1.19 bits per heavy atom. The second-order valence-corrected chi connectivity index (χ2v) is 6.16. The molecule has 0 saturated heterocycles. The Labute approximate surface area is 155 Å². The molecule has 0 spiro atoms. The van der Waals surface area contributed by atoms with Gasteiger partial charge < -0.3 is 10.1 Å². The lowest BCUT2D eigenvalue weighted by Gasteiger charge is -2.14. The second-order valence-electron chi connectivity index (χ2n) is 5.73. The van der Waals surface area contributed by atoms with Crippen molar-refractivity contribution < 1.29 is 14.3 Å². The maximum absolute atomic E-state index is 12.6. The number of aromatic nitrogens is 2. The van der Waals surface area contributed by atoms with Gasteiger partial charge in [-0.3, -0.25) is 9.78 Å². The number of ether oxygens (including phenoxy) is 1. The highest BCUT2D eigenvalue weighted by Crippen LogP contribution is 2.20. The molecular weight excluding hydrogens is 354 g/mol. The number of carbonyl (C=O) groups is 2. The summed E-state index contributed by atoms with van der Waals surface area (Å²) in [6.07, 6.45) is 0.423. The van der Waals surface area contributed by atoms with Crippen molar-refractivity contribution in [3.05, 3.63) is 64.9 Å². The van der Waals surface area contributed by atoms with Crippen LogP contribution in [0.3, 0.4) is 0 Å². The van der Waals surface area contributed by atoms with E-state index in [2.05, 4.69) is 15.3 Å². The molecule has 0 bridgehead atoms. The number of esters is 1. The Bertz CT molecular complexity index is 973. The molecule has 1 amide bonds. The lowest BCUT2D eigenvalue weighted by atomic mass is 10.1. The first kappa shape index (κ1) is 17.8. The fourth-order valence-electron chi connectivity index (χ4n) is 2.43. The Hall–Kier alpha value is -2.99. The van der Waals surface area contributed by atoms with Gasteiger partial charge in [0.05, 0.1) is 16.1 Å². The normalized spacial score (nSPS) is 11.8. The third kappa shape index (κ3) is 3.97. The molecule has 3 rings (SSSR count). The zero-order valence-corrected chi connectivity index (χ0v) is 14.9. The number of carbonyl (C=O) groups excluding carboxylic acids is 2. The summed E-state index contributed by atoms with van der Waals surface area (Å²) in [6.45, 7) is 3.30. The zero-order chi connectivity index (χ0) is 18.7. The summed E-state index contributed by atoms with van der Waals surface area (Å²) in [6, 6.07) is 12.1. The van der Waals surface area contributed by atoms with Crippen LogP contribution in [0.5, 0.6) is 0 Å². The lowest BCUT2D eigenvalue weighted by molar-refractivity contribution is -0.123. The molecule has 0 fully saturated rings. The van der Waals surface area contributed by atoms with Crippen LogP contribution in [0.2, 0.25) is 5.02 Å². The van der Waals surface area contributed by atoms with Gasteiger partial charge in [0.15, 0.2) is 6.10 Å². The molecule has 1 aromatic carbocycles. The summed E-state index contributed by atoms with van der Waals surface area (Å²) >= 11 is 5.76. The van der Waals surface area contributed by atoms with Gasteiger partial charge in [-0.2, -0.15) is 0 Å². The maximum Gasteiger partial charge on any atom is 0.339 e. The summed E-state index contributed by atoms with van der Waals surface area (Å²) in [7, 11) is 0. The van der Waals surface area contributed by atoms with Gasteiger partial charge in [0.2, 0.25) is 0 Å². The molecule has 0 aliphatic rings. The molecule has 2 heterocycles. The van der Waals surface area contributed by atoms with Crippen LogP contribution in [-0.4, -0.2) is 27.9 Å². The van der Waals surface area contributed by atoms with Crippen molar-refractivity contribution in [2.75, 3.05) is 5.32 Å². The molecule has 2 aromatic heterocycles. The van der Waals surface area contributed by atoms with E-state index in [0.717, 1.165) is 0 Å². The minimum atomic E-state index is -0.993. The average molecular weight is 370 g/mol. The first-order valence-corrected chi connectivity index (χ1v) is 8.31. The fourth-order valence-corrected chi connectivity index (χ4v) is 2.54. The van der Waals surface area contributed by atoms with E-state index in [0.29, 0.717) is 33.0 Å². The van der Waals surface area contributed by atoms with E-state index in [-0.39, 0.29) is 0 Å². The van der Waals surface area contributed by atoms with E-state index in [1.54, 1.807) is 31.2 Å². The van der Waals surface area contributed by atoms with Crippen LogP contribution in [0, 0.1) is 6.92 Å². The maximum atomic E-state index is 12.6. The number of aryl methyl sites for hydroxylation is 1.